The van der Waals surface area contributed by atoms with Gasteiger partial charge in [-0.1, -0.05) is 0 Å². The van der Waals surface area contributed by atoms with E-state index in [-0.39, 0.29) is 23.5 Å². The number of aromatic nitrogens is 3. The van der Waals surface area contributed by atoms with Gasteiger partial charge in [-0.05, 0) is 37.5 Å². The second-order valence-corrected chi connectivity index (χ2v) is 5.39. The third-order valence-corrected chi connectivity index (χ3v) is 3.91. The van der Waals surface area contributed by atoms with Gasteiger partial charge in [0.15, 0.2) is 0 Å². The summed E-state index contributed by atoms with van der Waals surface area (Å²) in [5.74, 6) is -0.0882. The number of pyridine rings is 1. The molecule has 0 aromatic carbocycles. The highest BCUT2D eigenvalue weighted by molar-refractivity contribution is 5.76. The number of amides is 1. The summed E-state index contributed by atoms with van der Waals surface area (Å²) in [5, 5.41) is 15.9. The van der Waals surface area contributed by atoms with E-state index in [9.17, 15) is 9.59 Å². The van der Waals surface area contributed by atoms with E-state index in [2.05, 4.69) is 15.4 Å². The molecule has 0 atom stereocenters. The van der Waals surface area contributed by atoms with Crippen molar-refractivity contribution in [2.75, 3.05) is 0 Å². The highest BCUT2D eigenvalue weighted by atomic mass is 16.1. The molecule has 0 bridgehead atoms. The standard InChI is InChI=1S/C16H19N5O2/c1-10-13(11(2)20-16(23)14(10)8-17)4-5-15(22)18-9-12-6-7-19-21(12)3/h6-7H,4-5,9H2,1-3H3,(H,18,22)(H,20,23). The van der Waals surface area contributed by atoms with E-state index in [1.807, 2.05) is 19.2 Å². The number of nitrogens with zero attached hydrogens (tertiary/aromatic N) is 3. The smallest absolute Gasteiger partial charge is 0.266 e. The van der Waals surface area contributed by atoms with Crippen molar-refractivity contribution in [1.29, 1.82) is 5.26 Å². The maximum Gasteiger partial charge on any atom is 0.266 e. The molecule has 120 valence electrons. The molecule has 2 N–H and O–H groups in total. The van der Waals surface area contributed by atoms with Crippen LogP contribution in [0.25, 0.3) is 0 Å². The van der Waals surface area contributed by atoms with Crippen LogP contribution in [0.2, 0.25) is 0 Å². The predicted octanol–water partition coefficient (Wildman–Crippen LogP) is 0.846. The SMILES string of the molecule is Cc1[nH]c(=O)c(C#N)c(C)c1CCC(=O)NCc1ccnn1C. The van der Waals surface area contributed by atoms with Crippen LogP contribution >= 0.6 is 0 Å². The first-order valence-electron chi connectivity index (χ1n) is 7.30. The van der Waals surface area contributed by atoms with Gasteiger partial charge in [-0.25, -0.2) is 0 Å². The van der Waals surface area contributed by atoms with Gasteiger partial charge in [-0.3, -0.25) is 14.3 Å². The van der Waals surface area contributed by atoms with Crippen LogP contribution in [0.15, 0.2) is 17.1 Å². The van der Waals surface area contributed by atoms with Crippen LogP contribution in [0.3, 0.4) is 0 Å². The number of carbonyl (C=O) groups is 1. The van der Waals surface area contributed by atoms with Crippen molar-refractivity contribution in [2.24, 2.45) is 7.05 Å². The fourth-order valence-corrected chi connectivity index (χ4v) is 2.51. The van der Waals surface area contributed by atoms with Gasteiger partial charge in [0.25, 0.3) is 5.56 Å². The molecule has 0 aliphatic carbocycles. The topological polar surface area (TPSA) is 104 Å². The Balaban J connectivity index is 2.01. The lowest BCUT2D eigenvalue weighted by Gasteiger charge is -2.11. The molecule has 0 radical (unpaired) electrons. The Hall–Kier alpha value is -2.88. The number of H-pyrrole nitrogens is 1. The number of hydrogen-bond donors (Lipinski definition) is 2. The number of rotatable bonds is 5. The highest BCUT2D eigenvalue weighted by Gasteiger charge is 2.13. The molecule has 0 saturated heterocycles. The first kappa shape index (κ1) is 16.5. The van der Waals surface area contributed by atoms with Gasteiger partial charge >= 0.3 is 0 Å². The van der Waals surface area contributed by atoms with Gasteiger partial charge in [0.2, 0.25) is 5.91 Å². The van der Waals surface area contributed by atoms with Gasteiger partial charge in [0.05, 0.1) is 12.2 Å². The lowest BCUT2D eigenvalue weighted by molar-refractivity contribution is -0.121. The summed E-state index contributed by atoms with van der Waals surface area (Å²) >= 11 is 0. The third-order valence-electron chi connectivity index (χ3n) is 3.91. The molecule has 2 rings (SSSR count). The average molecular weight is 313 g/mol. The van der Waals surface area contributed by atoms with Crippen LogP contribution in [0.4, 0.5) is 0 Å². The van der Waals surface area contributed by atoms with Crippen LogP contribution in [0.1, 0.15) is 34.5 Å². The minimum Gasteiger partial charge on any atom is -0.350 e. The fraction of sp³-hybridized carbons (Fsp3) is 0.375. The summed E-state index contributed by atoms with van der Waals surface area (Å²) in [7, 11) is 1.82. The first-order valence-corrected chi connectivity index (χ1v) is 7.30. The Morgan fingerprint density at radius 3 is 2.83 bits per heavy atom. The summed E-state index contributed by atoms with van der Waals surface area (Å²) < 4.78 is 1.70. The summed E-state index contributed by atoms with van der Waals surface area (Å²) in [6.45, 7) is 3.93. The Kier molecular flexibility index (Phi) is 4.96. The molecular formula is C16H19N5O2. The molecule has 0 spiro atoms. The molecule has 1 amide bonds. The zero-order valence-electron chi connectivity index (χ0n) is 13.4. The largest absolute Gasteiger partial charge is 0.350 e. The summed E-state index contributed by atoms with van der Waals surface area (Å²) in [6, 6.07) is 3.76. The Morgan fingerprint density at radius 2 is 2.22 bits per heavy atom. The minimum atomic E-state index is -0.382. The van der Waals surface area contributed by atoms with Crippen molar-refractivity contribution in [3.8, 4) is 6.07 Å². The van der Waals surface area contributed by atoms with Crippen molar-refractivity contribution in [3.05, 3.63) is 50.7 Å². The van der Waals surface area contributed by atoms with Gasteiger partial charge in [-0.15, -0.1) is 0 Å². The van der Waals surface area contributed by atoms with Crippen LogP contribution in [-0.2, 0) is 24.8 Å². The van der Waals surface area contributed by atoms with E-state index in [0.717, 1.165) is 11.3 Å². The number of carbonyl (C=O) groups excluding carboxylic acids is 1. The molecule has 0 unspecified atom stereocenters. The van der Waals surface area contributed by atoms with E-state index in [1.165, 1.54) is 0 Å². The van der Waals surface area contributed by atoms with E-state index in [0.29, 0.717) is 24.2 Å². The van der Waals surface area contributed by atoms with Crippen LogP contribution in [0.5, 0.6) is 0 Å². The van der Waals surface area contributed by atoms with Crippen molar-refractivity contribution < 1.29 is 4.79 Å². The highest BCUT2D eigenvalue weighted by Crippen LogP contribution is 2.14. The average Bonchev–Trinajstić information content (AvgIpc) is 2.90. The van der Waals surface area contributed by atoms with Crippen molar-refractivity contribution in [1.82, 2.24) is 20.1 Å². The molecule has 2 aromatic heterocycles. The monoisotopic (exact) mass is 313 g/mol. The number of aromatic amines is 1. The summed E-state index contributed by atoms with van der Waals surface area (Å²) in [5.41, 5.74) is 2.84. The molecule has 7 nitrogen and oxygen atoms in total. The molecule has 0 fully saturated rings. The second-order valence-electron chi connectivity index (χ2n) is 5.39. The van der Waals surface area contributed by atoms with Crippen LogP contribution in [-0.4, -0.2) is 20.7 Å². The van der Waals surface area contributed by atoms with Crippen molar-refractivity contribution in [2.45, 2.75) is 33.2 Å². The normalized spacial score (nSPS) is 10.3. The molecule has 2 aromatic rings. The molecular weight excluding hydrogens is 294 g/mol. The third kappa shape index (κ3) is 3.66. The Bertz CT molecular complexity index is 826. The van der Waals surface area contributed by atoms with Crippen LogP contribution < -0.4 is 10.9 Å². The zero-order valence-corrected chi connectivity index (χ0v) is 13.4. The maximum atomic E-state index is 12.0. The Labute approximate surface area is 134 Å². The first-order chi connectivity index (χ1) is 10.9. The Morgan fingerprint density at radius 1 is 1.48 bits per heavy atom. The van der Waals surface area contributed by atoms with Crippen molar-refractivity contribution in [3.63, 3.8) is 0 Å². The maximum absolute atomic E-state index is 12.0. The molecule has 23 heavy (non-hydrogen) atoms. The number of aryl methyl sites for hydroxylation is 2. The van der Waals surface area contributed by atoms with Gasteiger partial charge in [0, 0.05) is 25.4 Å². The van der Waals surface area contributed by atoms with Gasteiger partial charge in [0.1, 0.15) is 11.6 Å². The quantitative estimate of drug-likeness (QED) is 0.853. The summed E-state index contributed by atoms with van der Waals surface area (Å²) in [4.78, 5) is 26.3. The lowest BCUT2D eigenvalue weighted by Crippen LogP contribution is -2.25. The van der Waals surface area contributed by atoms with Crippen molar-refractivity contribution >= 4 is 5.91 Å². The van der Waals surface area contributed by atoms with E-state index in [1.54, 1.807) is 24.7 Å². The molecule has 7 heteroatoms. The molecule has 2 heterocycles. The van der Waals surface area contributed by atoms with Gasteiger partial charge < -0.3 is 10.3 Å². The molecule has 0 aliphatic heterocycles. The number of nitrogens with one attached hydrogen (secondary N) is 2. The number of nitriles is 1. The second kappa shape index (κ2) is 6.92. The lowest BCUT2D eigenvalue weighted by atomic mass is 9.99. The fourth-order valence-electron chi connectivity index (χ4n) is 2.51. The zero-order chi connectivity index (χ0) is 17.0. The van der Waals surface area contributed by atoms with E-state index < -0.39 is 0 Å². The van der Waals surface area contributed by atoms with Gasteiger partial charge in [-0.2, -0.15) is 10.4 Å². The van der Waals surface area contributed by atoms with E-state index in [4.69, 9.17) is 5.26 Å². The van der Waals surface area contributed by atoms with Crippen LogP contribution in [0, 0.1) is 25.2 Å². The number of hydrogen-bond acceptors (Lipinski definition) is 4. The molecule has 0 saturated carbocycles. The van der Waals surface area contributed by atoms with E-state index >= 15 is 0 Å². The summed E-state index contributed by atoms with van der Waals surface area (Å²) in [6.07, 6.45) is 2.44. The predicted molar refractivity (Wildman–Crippen MR) is 84.6 cm³/mol. The minimum absolute atomic E-state index is 0.0882. The molecule has 0 aliphatic rings.